The van der Waals surface area contributed by atoms with E-state index in [2.05, 4.69) is 47.7 Å². The summed E-state index contributed by atoms with van der Waals surface area (Å²) < 4.78 is 11.9. The molecule has 0 aromatic carbocycles. The van der Waals surface area contributed by atoms with E-state index in [4.69, 9.17) is 8.85 Å². The molecular formula is C13H28O2Si. The fourth-order valence-corrected chi connectivity index (χ4v) is 3.43. The molecule has 3 heteroatoms. The molecule has 0 bridgehead atoms. The predicted molar refractivity (Wildman–Crippen MR) is 72.6 cm³/mol. The SMILES string of the molecule is C=C[Si](C)(OCC(C)C)OC(C)CC(C)C. The largest absolute Gasteiger partial charge is 0.391 e. The molecule has 16 heavy (non-hydrogen) atoms. The molecule has 0 N–H and O–H groups in total. The number of rotatable bonds is 8. The number of hydrogen-bond acceptors (Lipinski definition) is 2. The summed E-state index contributed by atoms with van der Waals surface area (Å²) in [7, 11) is -2.15. The van der Waals surface area contributed by atoms with Gasteiger partial charge in [-0.3, -0.25) is 0 Å². The monoisotopic (exact) mass is 244 g/mol. The van der Waals surface area contributed by atoms with Gasteiger partial charge in [0.1, 0.15) is 0 Å². The maximum atomic E-state index is 6.05. The van der Waals surface area contributed by atoms with Crippen LogP contribution in [0.2, 0.25) is 6.55 Å². The predicted octanol–water partition coefficient (Wildman–Crippen LogP) is 3.91. The highest BCUT2D eigenvalue weighted by Gasteiger charge is 2.30. The van der Waals surface area contributed by atoms with Crippen molar-refractivity contribution in [3.63, 3.8) is 0 Å². The Morgan fingerprint density at radius 2 is 1.69 bits per heavy atom. The zero-order valence-electron chi connectivity index (χ0n) is 11.7. The minimum atomic E-state index is -2.15. The van der Waals surface area contributed by atoms with E-state index in [1.165, 1.54) is 0 Å². The van der Waals surface area contributed by atoms with Crippen molar-refractivity contribution in [1.29, 1.82) is 0 Å². The molecule has 0 aromatic rings. The summed E-state index contributed by atoms with van der Waals surface area (Å²) in [6.07, 6.45) is 1.32. The lowest BCUT2D eigenvalue weighted by atomic mass is 10.1. The van der Waals surface area contributed by atoms with E-state index >= 15 is 0 Å². The van der Waals surface area contributed by atoms with E-state index in [0.29, 0.717) is 11.8 Å². The molecule has 0 saturated heterocycles. The highest BCUT2D eigenvalue weighted by atomic mass is 28.4. The molecule has 0 aliphatic heterocycles. The van der Waals surface area contributed by atoms with Crippen LogP contribution in [-0.2, 0) is 8.85 Å². The molecule has 0 fully saturated rings. The molecule has 96 valence electrons. The molecule has 0 aliphatic carbocycles. The summed E-state index contributed by atoms with van der Waals surface area (Å²) in [6.45, 7) is 17.5. The summed E-state index contributed by atoms with van der Waals surface area (Å²) in [5.74, 6) is 1.19. The molecular weight excluding hydrogens is 216 g/mol. The number of hydrogen-bond donors (Lipinski definition) is 0. The normalized spacial score (nSPS) is 17.5. The van der Waals surface area contributed by atoms with Gasteiger partial charge in [-0.2, -0.15) is 0 Å². The van der Waals surface area contributed by atoms with Gasteiger partial charge in [-0.05, 0) is 37.4 Å². The van der Waals surface area contributed by atoms with Crippen LogP contribution in [0.25, 0.3) is 0 Å². The van der Waals surface area contributed by atoms with Crippen molar-refractivity contribution in [2.75, 3.05) is 6.61 Å². The molecule has 0 spiro atoms. The van der Waals surface area contributed by atoms with Gasteiger partial charge < -0.3 is 8.85 Å². The van der Waals surface area contributed by atoms with Gasteiger partial charge in [0.25, 0.3) is 0 Å². The van der Waals surface area contributed by atoms with E-state index in [-0.39, 0.29) is 6.10 Å². The Labute approximate surface area is 102 Å². The van der Waals surface area contributed by atoms with E-state index in [9.17, 15) is 0 Å². The van der Waals surface area contributed by atoms with Crippen LogP contribution < -0.4 is 0 Å². The average molecular weight is 244 g/mol. The maximum absolute atomic E-state index is 6.05. The lowest BCUT2D eigenvalue weighted by Crippen LogP contribution is -2.41. The molecule has 0 heterocycles. The Hall–Kier alpha value is -0.123. The van der Waals surface area contributed by atoms with Crippen molar-refractivity contribution in [2.45, 2.75) is 53.7 Å². The fraction of sp³-hybridized carbons (Fsp3) is 0.846. The van der Waals surface area contributed by atoms with Crippen LogP contribution in [0.3, 0.4) is 0 Å². The second kappa shape index (κ2) is 7.25. The smallest absolute Gasteiger partial charge is 0.361 e. The van der Waals surface area contributed by atoms with E-state index < -0.39 is 8.56 Å². The minimum absolute atomic E-state index is 0.252. The lowest BCUT2D eigenvalue weighted by molar-refractivity contribution is 0.112. The molecule has 0 amide bonds. The van der Waals surface area contributed by atoms with E-state index in [0.717, 1.165) is 13.0 Å². The van der Waals surface area contributed by atoms with E-state index in [1.807, 2.05) is 5.70 Å². The Morgan fingerprint density at radius 1 is 1.12 bits per heavy atom. The van der Waals surface area contributed by atoms with Crippen LogP contribution in [0.15, 0.2) is 12.3 Å². The van der Waals surface area contributed by atoms with Gasteiger partial charge >= 0.3 is 8.56 Å². The highest BCUT2D eigenvalue weighted by molar-refractivity contribution is 6.71. The van der Waals surface area contributed by atoms with Gasteiger partial charge in [0.15, 0.2) is 0 Å². The van der Waals surface area contributed by atoms with Crippen molar-refractivity contribution in [1.82, 2.24) is 0 Å². The van der Waals surface area contributed by atoms with Gasteiger partial charge in [0.2, 0.25) is 0 Å². The molecule has 0 saturated carbocycles. The summed E-state index contributed by atoms with van der Waals surface area (Å²) in [6, 6.07) is 0. The first kappa shape index (κ1) is 15.9. The quantitative estimate of drug-likeness (QED) is 0.603. The van der Waals surface area contributed by atoms with Crippen LogP contribution in [0, 0.1) is 11.8 Å². The molecule has 0 aliphatic rings. The third kappa shape index (κ3) is 7.20. The summed E-state index contributed by atoms with van der Waals surface area (Å²) in [5.41, 5.74) is 1.88. The maximum Gasteiger partial charge on any atom is 0.361 e. The van der Waals surface area contributed by atoms with Crippen LogP contribution in [0.4, 0.5) is 0 Å². The van der Waals surface area contributed by atoms with Gasteiger partial charge in [-0.15, -0.1) is 6.58 Å². The highest BCUT2D eigenvalue weighted by Crippen LogP contribution is 2.17. The van der Waals surface area contributed by atoms with Gasteiger partial charge in [-0.1, -0.05) is 27.7 Å². The topological polar surface area (TPSA) is 18.5 Å². The average Bonchev–Trinajstić information content (AvgIpc) is 2.13. The van der Waals surface area contributed by atoms with Gasteiger partial charge in [-0.25, -0.2) is 0 Å². The summed E-state index contributed by atoms with van der Waals surface area (Å²) in [4.78, 5) is 0. The minimum Gasteiger partial charge on any atom is -0.391 e. The Kier molecular flexibility index (Phi) is 7.20. The van der Waals surface area contributed by atoms with Crippen molar-refractivity contribution in [3.05, 3.63) is 12.3 Å². The van der Waals surface area contributed by atoms with Crippen LogP contribution in [0.1, 0.15) is 41.0 Å². The van der Waals surface area contributed by atoms with Gasteiger partial charge in [0, 0.05) is 12.7 Å². The van der Waals surface area contributed by atoms with Crippen molar-refractivity contribution < 1.29 is 8.85 Å². The van der Waals surface area contributed by atoms with Crippen LogP contribution >= 0.6 is 0 Å². The first-order valence-corrected chi connectivity index (χ1v) is 8.63. The fourth-order valence-electron chi connectivity index (χ4n) is 1.58. The van der Waals surface area contributed by atoms with Gasteiger partial charge in [0.05, 0.1) is 0 Å². The van der Waals surface area contributed by atoms with Crippen LogP contribution in [0.5, 0.6) is 0 Å². The zero-order chi connectivity index (χ0) is 12.8. The zero-order valence-corrected chi connectivity index (χ0v) is 12.7. The van der Waals surface area contributed by atoms with Crippen molar-refractivity contribution in [2.24, 2.45) is 11.8 Å². The molecule has 2 atom stereocenters. The lowest BCUT2D eigenvalue weighted by Gasteiger charge is -2.29. The molecule has 2 unspecified atom stereocenters. The molecule has 0 radical (unpaired) electrons. The molecule has 0 aromatic heterocycles. The third-order valence-electron chi connectivity index (χ3n) is 2.31. The van der Waals surface area contributed by atoms with Crippen molar-refractivity contribution in [3.8, 4) is 0 Å². The second-order valence-electron chi connectivity index (χ2n) is 5.48. The van der Waals surface area contributed by atoms with Crippen LogP contribution in [-0.4, -0.2) is 21.3 Å². The third-order valence-corrected chi connectivity index (χ3v) is 4.66. The Balaban J connectivity index is 4.19. The molecule has 0 rings (SSSR count). The van der Waals surface area contributed by atoms with Crippen molar-refractivity contribution >= 4 is 8.56 Å². The van der Waals surface area contributed by atoms with E-state index in [1.54, 1.807) is 0 Å². The summed E-state index contributed by atoms with van der Waals surface area (Å²) in [5, 5.41) is 0. The summed E-state index contributed by atoms with van der Waals surface area (Å²) >= 11 is 0. The first-order valence-electron chi connectivity index (χ1n) is 6.24. The molecule has 2 nitrogen and oxygen atoms in total. The Morgan fingerprint density at radius 3 is 2.06 bits per heavy atom. The standard InChI is InChI=1S/C13H28O2Si/c1-8-16(7,14-10-12(4)5)15-13(6)9-11(2)3/h8,11-13H,1,9-10H2,2-7H3. The second-order valence-corrected chi connectivity index (χ2v) is 8.45. The first-order chi connectivity index (χ1) is 7.29. The Bertz CT molecular complexity index is 204.